The van der Waals surface area contributed by atoms with Crippen LogP contribution in [-0.2, 0) is 9.47 Å². The summed E-state index contributed by atoms with van der Waals surface area (Å²) in [5.41, 5.74) is 1.52. The smallest absolute Gasteiger partial charge is 0.149 e. The predicted octanol–water partition coefficient (Wildman–Crippen LogP) is 3.40. The van der Waals surface area contributed by atoms with E-state index >= 15 is 0 Å². The van der Waals surface area contributed by atoms with Crippen LogP contribution in [0.3, 0.4) is 0 Å². The summed E-state index contributed by atoms with van der Waals surface area (Å²) >= 11 is 0. The highest BCUT2D eigenvalue weighted by Crippen LogP contribution is 2.29. The van der Waals surface area contributed by atoms with Crippen molar-refractivity contribution in [3.8, 4) is 0 Å². The number of hydrogen-bond acceptors (Lipinski definition) is 4. The Balaban J connectivity index is 1.40. The third-order valence-electron chi connectivity index (χ3n) is 5.07. The Bertz CT molecular complexity index is 695. The van der Waals surface area contributed by atoms with Crippen LogP contribution in [0.4, 0.5) is 10.1 Å². The van der Waals surface area contributed by atoms with Gasteiger partial charge >= 0.3 is 0 Å². The summed E-state index contributed by atoms with van der Waals surface area (Å²) in [6.07, 6.45) is 5.16. The van der Waals surface area contributed by atoms with Crippen LogP contribution in [0.15, 0.2) is 30.5 Å². The Kier molecular flexibility index (Phi) is 4.63. The third-order valence-corrected chi connectivity index (χ3v) is 5.07. The van der Waals surface area contributed by atoms with Crippen molar-refractivity contribution in [3.63, 3.8) is 0 Å². The summed E-state index contributed by atoms with van der Waals surface area (Å²) in [7, 11) is 0. The van der Waals surface area contributed by atoms with E-state index in [4.69, 9.17) is 9.47 Å². The van der Waals surface area contributed by atoms with E-state index in [0.717, 1.165) is 63.2 Å². The summed E-state index contributed by atoms with van der Waals surface area (Å²) in [6, 6.07) is 7.15. The summed E-state index contributed by atoms with van der Waals surface area (Å²) in [5, 5.41) is 0.889. The number of aromatic nitrogens is 1. The second-order valence-electron chi connectivity index (χ2n) is 6.72. The lowest BCUT2D eigenvalue weighted by Gasteiger charge is -2.34. The van der Waals surface area contributed by atoms with Crippen LogP contribution in [0.25, 0.3) is 10.9 Å². The van der Waals surface area contributed by atoms with Crippen molar-refractivity contribution in [2.45, 2.75) is 25.4 Å². The minimum atomic E-state index is -0.258. The molecule has 2 aliphatic rings. The Morgan fingerprint density at radius 1 is 1.21 bits per heavy atom. The molecule has 0 N–H and O–H groups in total. The van der Waals surface area contributed by atoms with E-state index in [-0.39, 0.29) is 5.82 Å². The molecule has 0 radical (unpaired) electrons. The van der Waals surface area contributed by atoms with Crippen LogP contribution in [0, 0.1) is 11.7 Å². The van der Waals surface area contributed by atoms with Crippen molar-refractivity contribution >= 4 is 16.6 Å². The fourth-order valence-electron chi connectivity index (χ4n) is 3.65. The van der Waals surface area contributed by atoms with Gasteiger partial charge in [-0.15, -0.1) is 0 Å². The van der Waals surface area contributed by atoms with Gasteiger partial charge in [0.05, 0.1) is 19.3 Å². The molecule has 0 amide bonds. The minimum Gasteiger partial charge on any atom is -0.381 e. The van der Waals surface area contributed by atoms with Gasteiger partial charge in [-0.25, -0.2) is 4.39 Å². The normalized spacial score (nSPS) is 22.4. The Morgan fingerprint density at radius 2 is 2.08 bits per heavy atom. The van der Waals surface area contributed by atoms with Gasteiger partial charge in [0.15, 0.2) is 0 Å². The van der Waals surface area contributed by atoms with Crippen LogP contribution >= 0.6 is 0 Å². The molecule has 1 unspecified atom stereocenters. The Morgan fingerprint density at radius 3 is 2.88 bits per heavy atom. The van der Waals surface area contributed by atoms with Gasteiger partial charge in [0.1, 0.15) is 11.3 Å². The number of piperidine rings is 1. The van der Waals surface area contributed by atoms with Gasteiger partial charge in [-0.3, -0.25) is 4.98 Å². The molecule has 0 spiro atoms. The number of para-hydroxylation sites is 1. The average Bonchev–Trinajstić information content (AvgIpc) is 3.14. The number of benzene rings is 1. The molecule has 1 aromatic heterocycles. The standard InChI is InChI=1S/C19H23FN2O2/c20-17-3-1-2-16-18(4-8-21-19(16)17)22-9-5-15(6-10-22)24-13-14-7-11-23-12-14/h1-4,8,14-15H,5-7,9-13H2. The molecule has 2 aromatic rings. The first-order valence-electron chi connectivity index (χ1n) is 8.79. The summed E-state index contributed by atoms with van der Waals surface area (Å²) < 4.78 is 25.4. The number of pyridine rings is 1. The number of fused-ring (bicyclic) bond motifs is 1. The van der Waals surface area contributed by atoms with Crippen LogP contribution in [0.5, 0.6) is 0 Å². The van der Waals surface area contributed by atoms with Crippen molar-refractivity contribution in [2.24, 2.45) is 5.92 Å². The molecule has 2 aliphatic heterocycles. The number of halogens is 1. The molecule has 3 heterocycles. The lowest BCUT2D eigenvalue weighted by Crippen LogP contribution is -2.37. The first kappa shape index (κ1) is 15.8. The predicted molar refractivity (Wildman–Crippen MR) is 91.8 cm³/mol. The third kappa shape index (κ3) is 3.23. The topological polar surface area (TPSA) is 34.6 Å². The molecular weight excluding hydrogens is 307 g/mol. The maximum atomic E-state index is 13.9. The van der Waals surface area contributed by atoms with Gasteiger partial charge in [0.25, 0.3) is 0 Å². The monoisotopic (exact) mass is 330 g/mol. The zero-order chi connectivity index (χ0) is 16.4. The van der Waals surface area contributed by atoms with E-state index in [1.165, 1.54) is 6.07 Å². The van der Waals surface area contributed by atoms with Gasteiger partial charge < -0.3 is 14.4 Å². The molecule has 0 bridgehead atoms. The van der Waals surface area contributed by atoms with Crippen LogP contribution < -0.4 is 4.90 Å². The summed E-state index contributed by atoms with van der Waals surface area (Å²) in [5.74, 6) is 0.307. The highest BCUT2D eigenvalue weighted by Gasteiger charge is 2.23. The summed E-state index contributed by atoms with van der Waals surface area (Å²) in [4.78, 5) is 6.51. The molecule has 5 heteroatoms. The van der Waals surface area contributed by atoms with Crippen molar-refractivity contribution < 1.29 is 13.9 Å². The van der Waals surface area contributed by atoms with Gasteiger partial charge in [0, 0.05) is 42.9 Å². The second kappa shape index (κ2) is 7.03. The van der Waals surface area contributed by atoms with Crippen molar-refractivity contribution in [2.75, 3.05) is 37.8 Å². The molecule has 1 aromatic carbocycles. The summed E-state index contributed by atoms with van der Waals surface area (Å²) in [6.45, 7) is 4.39. The van der Waals surface area contributed by atoms with Gasteiger partial charge in [-0.2, -0.15) is 0 Å². The number of hydrogen-bond donors (Lipinski definition) is 0. The van der Waals surface area contributed by atoms with Crippen LogP contribution in [0.1, 0.15) is 19.3 Å². The van der Waals surface area contributed by atoms with E-state index in [9.17, 15) is 4.39 Å². The van der Waals surface area contributed by atoms with E-state index in [0.29, 0.717) is 17.5 Å². The molecule has 24 heavy (non-hydrogen) atoms. The molecule has 4 rings (SSSR count). The van der Waals surface area contributed by atoms with E-state index < -0.39 is 0 Å². The molecule has 2 fully saturated rings. The quantitative estimate of drug-likeness (QED) is 0.861. The number of nitrogens with zero attached hydrogens (tertiary/aromatic N) is 2. The van der Waals surface area contributed by atoms with Crippen molar-refractivity contribution in [1.29, 1.82) is 0 Å². The maximum Gasteiger partial charge on any atom is 0.149 e. The lowest BCUT2D eigenvalue weighted by molar-refractivity contribution is 0.0132. The number of rotatable bonds is 4. The van der Waals surface area contributed by atoms with Crippen LogP contribution in [0.2, 0.25) is 0 Å². The number of anilines is 1. The van der Waals surface area contributed by atoms with Gasteiger partial charge in [-0.05, 0) is 31.4 Å². The van der Waals surface area contributed by atoms with Crippen molar-refractivity contribution in [3.05, 3.63) is 36.3 Å². The highest BCUT2D eigenvalue weighted by atomic mass is 19.1. The van der Waals surface area contributed by atoms with E-state index in [2.05, 4.69) is 9.88 Å². The molecule has 2 saturated heterocycles. The van der Waals surface area contributed by atoms with E-state index in [1.54, 1.807) is 12.3 Å². The lowest BCUT2D eigenvalue weighted by atomic mass is 10.0. The zero-order valence-corrected chi connectivity index (χ0v) is 13.8. The average molecular weight is 330 g/mol. The first-order valence-corrected chi connectivity index (χ1v) is 8.79. The second-order valence-corrected chi connectivity index (χ2v) is 6.72. The molecule has 128 valence electrons. The molecule has 0 aliphatic carbocycles. The fraction of sp³-hybridized carbons (Fsp3) is 0.526. The maximum absolute atomic E-state index is 13.9. The van der Waals surface area contributed by atoms with Gasteiger partial charge in [-0.1, -0.05) is 12.1 Å². The van der Waals surface area contributed by atoms with Crippen molar-refractivity contribution in [1.82, 2.24) is 4.98 Å². The van der Waals surface area contributed by atoms with Gasteiger partial charge in [0.2, 0.25) is 0 Å². The Labute approximate surface area is 141 Å². The minimum absolute atomic E-state index is 0.258. The molecule has 1 atom stereocenters. The zero-order valence-electron chi connectivity index (χ0n) is 13.8. The van der Waals surface area contributed by atoms with E-state index in [1.807, 2.05) is 12.1 Å². The Hall–Kier alpha value is -1.72. The fourth-order valence-corrected chi connectivity index (χ4v) is 3.65. The SMILES string of the molecule is Fc1cccc2c(N3CCC(OCC4CCOC4)CC3)ccnc12. The van der Waals surface area contributed by atoms with Crippen LogP contribution in [-0.4, -0.2) is 44.0 Å². The number of ether oxygens (including phenoxy) is 2. The highest BCUT2D eigenvalue weighted by molar-refractivity contribution is 5.91. The molecule has 4 nitrogen and oxygen atoms in total. The largest absolute Gasteiger partial charge is 0.381 e. The molecule has 0 saturated carbocycles. The first-order chi connectivity index (χ1) is 11.8. The molecular formula is C19H23FN2O2.